The smallest absolute Gasteiger partial charge is 0.382 e. The highest BCUT2D eigenvalue weighted by atomic mass is 19.4. The zero-order valence-corrected chi connectivity index (χ0v) is 23.4. The van der Waals surface area contributed by atoms with Crippen LogP contribution < -0.4 is 22.1 Å². The van der Waals surface area contributed by atoms with Crippen molar-refractivity contribution >= 4 is 39.5 Å². The number of aryl methyl sites for hydroxylation is 1. The van der Waals surface area contributed by atoms with Crippen molar-refractivity contribution in [3.8, 4) is 11.3 Å². The summed E-state index contributed by atoms with van der Waals surface area (Å²) in [6.45, 7) is 4.45. The molecule has 0 aliphatic carbocycles. The number of anilines is 3. The van der Waals surface area contributed by atoms with E-state index in [-0.39, 0.29) is 11.7 Å². The van der Waals surface area contributed by atoms with Crippen LogP contribution in [-0.4, -0.2) is 44.4 Å². The predicted molar refractivity (Wildman–Crippen MR) is 162 cm³/mol. The number of likely N-dealkylation sites (tertiary alicyclic amines) is 1. The fourth-order valence-corrected chi connectivity index (χ4v) is 5.69. The monoisotopic (exact) mass is 588 g/mol. The lowest BCUT2D eigenvalue weighted by Gasteiger charge is -2.30. The van der Waals surface area contributed by atoms with Crippen LogP contribution in [0.5, 0.6) is 0 Å². The predicted octanol–water partition coefficient (Wildman–Crippen LogP) is 6.03. The second-order valence-electron chi connectivity index (χ2n) is 10.8. The van der Waals surface area contributed by atoms with Gasteiger partial charge in [0, 0.05) is 42.3 Å². The summed E-state index contributed by atoms with van der Waals surface area (Å²) in [5.41, 5.74) is 15.4. The lowest BCUT2D eigenvalue weighted by Crippen LogP contribution is -2.39. The van der Waals surface area contributed by atoms with E-state index in [0.717, 1.165) is 65.9 Å². The van der Waals surface area contributed by atoms with Gasteiger partial charge in [0.2, 0.25) is 0 Å². The van der Waals surface area contributed by atoms with Gasteiger partial charge < -0.3 is 22.1 Å². The number of carbonyl (C=O) groups excluding carboxylic acids is 1. The molecule has 0 radical (unpaired) electrons. The standard InChI is InChI=1S/C31H31F3N8O/c1-18-38-27(28-29(36)37-16-22(42(18)28)17-41-13-11-20(35)12-14-41)25-9-10-26(24-8-3-2-7-23(24)25)40-30(43)39-21-6-4-5-19(15-21)31(32,33)34/h2-10,15-16,20H,11-14,17,35H2,1H3,(H2,36,37)(H2,39,40,43). The lowest BCUT2D eigenvalue weighted by atomic mass is 10.00. The van der Waals surface area contributed by atoms with Crippen molar-refractivity contribution < 1.29 is 18.0 Å². The minimum absolute atomic E-state index is 0.0272. The van der Waals surface area contributed by atoms with Crippen LogP contribution in [-0.2, 0) is 12.7 Å². The molecule has 0 spiro atoms. The van der Waals surface area contributed by atoms with Crippen molar-refractivity contribution in [2.45, 2.75) is 38.5 Å². The fraction of sp³-hybridized carbons (Fsp3) is 0.258. The highest BCUT2D eigenvalue weighted by molar-refractivity contribution is 6.10. The molecule has 9 nitrogen and oxygen atoms in total. The summed E-state index contributed by atoms with van der Waals surface area (Å²) >= 11 is 0. The third-order valence-electron chi connectivity index (χ3n) is 7.82. The van der Waals surface area contributed by atoms with Gasteiger partial charge in [-0.3, -0.25) is 9.30 Å². The Morgan fingerprint density at radius 3 is 2.51 bits per heavy atom. The molecular formula is C31H31F3N8O. The molecule has 2 amide bonds. The van der Waals surface area contributed by atoms with Crippen LogP contribution >= 0.6 is 0 Å². The van der Waals surface area contributed by atoms with Crippen LogP contribution in [0, 0.1) is 6.92 Å². The van der Waals surface area contributed by atoms with Gasteiger partial charge >= 0.3 is 12.2 Å². The number of fused-ring (bicyclic) bond motifs is 2. The number of halogens is 3. The molecule has 3 heterocycles. The third kappa shape index (κ3) is 5.71. The summed E-state index contributed by atoms with van der Waals surface area (Å²) < 4.78 is 41.4. The van der Waals surface area contributed by atoms with Crippen molar-refractivity contribution in [1.82, 2.24) is 19.3 Å². The van der Waals surface area contributed by atoms with Crippen LogP contribution in [0.15, 0.2) is 66.9 Å². The number of benzene rings is 3. The van der Waals surface area contributed by atoms with E-state index in [1.165, 1.54) is 12.1 Å². The number of nitrogen functional groups attached to an aromatic ring is 1. The van der Waals surface area contributed by atoms with E-state index in [0.29, 0.717) is 29.3 Å². The van der Waals surface area contributed by atoms with Gasteiger partial charge in [0.25, 0.3) is 0 Å². The van der Waals surface area contributed by atoms with Gasteiger partial charge in [-0.1, -0.05) is 36.4 Å². The molecule has 6 N–H and O–H groups in total. The van der Waals surface area contributed by atoms with Crippen LogP contribution in [0.25, 0.3) is 27.5 Å². The molecule has 12 heteroatoms. The molecule has 5 aromatic rings. The fourth-order valence-electron chi connectivity index (χ4n) is 5.69. The number of amides is 2. The molecule has 3 aromatic carbocycles. The highest BCUT2D eigenvalue weighted by Crippen LogP contribution is 2.37. The molecule has 0 unspecified atom stereocenters. The molecule has 222 valence electrons. The molecule has 1 saturated heterocycles. The number of alkyl halides is 3. The number of imidazole rings is 1. The first kappa shape index (κ1) is 28.4. The third-order valence-corrected chi connectivity index (χ3v) is 7.82. The number of hydrogen-bond donors (Lipinski definition) is 4. The van der Waals surface area contributed by atoms with Gasteiger partial charge in [0.1, 0.15) is 22.9 Å². The van der Waals surface area contributed by atoms with Crippen LogP contribution in [0.3, 0.4) is 0 Å². The SMILES string of the molecule is Cc1nc(-c2ccc(NC(=O)Nc3cccc(C(F)(F)F)c3)c3ccccc23)c2c(N)ncc(CN3CCC(N)CC3)n12. The Kier molecular flexibility index (Phi) is 7.40. The number of nitrogens with one attached hydrogen (secondary N) is 2. The Morgan fingerprint density at radius 1 is 1.02 bits per heavy atom. The van der Waals surface area contributed by atoms with E-state index < -0.39 is 17.8 Å². The summed E-state index contributed by atoms with van der Waals surface area (Å²) in [6, 6.07) is 15.2. The topological polar surface area (TPSA) is 127 Å². The summed E-state index contributed by atoms with van der Waals surface area (Å²) in [4.78, 5) is 24.6. The number of carbonyl (C=O) groups is 1. The first-order valence-corrected chi connectivity index (χ1v) is 14.0. The quantitative estimate of drug-likeness (QED) is 0.199. The number of nitrogens with two attached hydrogens (primary N) is 2. The average Bonchev–Trinajstić information content (AvgIpc) is 3.33. The molecule has 43 heavy (non-hydrogen) atoms. The van der Waals surface area contributed by atoms with Gasteiger partial charge in [0.05, 0.1) is 23.1 Å². The van der Waals surface area contributed by atoms with Crippen molar-refractivity contribution in [3.05, 3.63) is 83.9 Å². The van der Waals surface area contributed by atoms with Crippen LogP contribution in [0.2, 0.25) is 0 Å². The zero-order valence-electron chi connectivity index (χ0n) is 23.4. The maximum absolute atomic E-state index is 13.1. The molecule has 0 atom stereocenters. The van der Waals surface area contributed by atoms with E-state index in [1.54, 1.807) is 12.3 Å². The highest BCUT2D eigenvalue weighted by Gasteiger charge is 2.30. The maximum atomic E-state index is 13.1. The normalized spacial score (nSPS) is 14.8. The zero-order chi connectivity index (χ0) is 30.3. The van der Waals surface area contributed by atoms with Gasteiger partial charge in [-0.25, -0.2) is 14.8 Å². The summed E-state index contributed by atoms with van der Waals surface area (Å²) in [5.74, 6) is 1.13. The molecule has 0 saturated carbocycles. The molecule has 1 fully saturated rings. The number of rotatable bonds is 5. The maximum Gasteiger partial charge on any atom is 0.416 e. The molecule has 1 aliphatic heterocycles. The van der Waals surface area contributed by atoms with Crippen molar-refractivity contribution in [3.63, 3.8) is 0 Å². The van der Waals surface area contributed by atoms with Gasteiger partial charge in [-0.15, -0.1) is 0 Å². The van der Waals surface area contributed by atoms with E-state index in [9.17, 15) is 18.0 Å². The Hall–Kier alpha value is -4.68. The van der Waals surface area contributed by atoms with Crippen LogP contribution in [0.1, 0.15) is 29.9 Å². The largest absolute Gasteiger partial charge is 0.416 e. The number of urea groups is 1. The second-order valence-corrected chi connectivity index (χ2v) is 10.8. The number of aromatic nitrogens is 3. The summed E-state index contributed by atoms with van der Waals surface area (Å²) in [5, 5.41) is 6.80. The Balaban J connectivity index is 1.33. The number of piperidine rings is 1. The van der Waals surface area contributed by atoms with Crippen molar-refractivity contribution in [2.75, 3.05) is 29.5 Å². The van der Waals surface area contributed by atoms with E-state index in [2.05, 4.69) is 24.9 Å². The minimum Gasteiger partial charge on any atom is -0.382 e. The first-order chi connectivity index (χ1) is 20.6. The number of nitrogens with zero attached hydrogens (tertiary/aromatic N) is 4. The van der Waals surface area contributed by atoms with E-state index in [1.807, 2.05) is 37.3 Å². The van der Waals surface area contributed by atoms with Crippen molar-refractivity contribution in [2.24, 2.45) is 5.73 Å². The molecule has 6 rings (SSSR count). The summed E-state index contributed by atoms with van der Waals surface area (Å²) in [7, 11) is 0. The average molecular weight is 589 g/mol. The van der Waals surface area contributed by atoms with Crippen LogP contribution in [0.4, 0.5) is 35.2 Å². The molecule has 0 bridgehead atoms. The summed E-state index contributed by atoms with van der Waals surface area (Å²) in [6.07, 6.45) is -0.825. The van der Waals surface area contributed by atoms with E-state index in [4.69, 9.17) is 16.5 Å². The Labute approximate surface area is 245 Å². The lowest BCUT2D eigenvalue weighted by molar-refractivity contribution is -0.137. The van der Waals surface area contributed by atoms with Gasteiger partial charge in [0.15, 0.2) is 0 Å². The minimum atomic E-state index is -4.52. The Bertz CT molecular complexity index is 1830. The second kappa shape index (κ2) is 11.2. The molecular weight excluding hydrogens is 557 g/mol. The molecule has 1 aliphatic rings. The molecule has 2 aromatic heterocycles. The van der Waals surface area contributed by atoms with Gasteiger partial charge in [-0.05, 0) is 49.4 Å². The van der Waals surface area contributed by atoms with Crippen molar-refractivity contribution in [1.29, 1.82) is 0 Å². The van der Waals surface area contributed by atoms with E-state index >= 15 is 0 Å². The number of hydrogen-bond acceptors (Lipinski definition) is 6. The first-order valence-electron chi connectivity index (χ1n) is 14.0. The van der Waals surface area contributed by atoms with Gasteiger partial charge in [-0.2, -0.15) is 13.2 Å². The Morgan fingerprint density at radius 2 is 1.77 bits per heavy atom.